The van der Waals surface area contributed by atoms with Crippen molar-refractivity contribution in [2.24, 2.45) is 0 Å². The average molecular weight is 356 g/mol. The minimum Gasteiger partial charge on any atom is -0.487 e. The van der Waals surface area contributed by atoms with Gasteiger partial charge in [-0.3, -0.25) is 0 Å². The normalized spacial score (nSPS) is 10.4. The van der Waals surface area contributed by atoms with Gasteiger partial charge >= 0.3 is 0 Å². The largest absolute Gasteiger partial charge is 0.487 e. The van der Waals surface area contributed by atoms with Crippen LogP contribution in [0.4, 0.5) is 11.4 Å². The molecule has 20 heavy (non-hydrogen) atoms. The van der Waals surface area contributed by atoms with Crippen LogP contribution in [-0.2, 0) is 6.61 Å². The number of hydrogen-bond donors (Lipinski definition) is 1. The second-order valence-corrected chi connectivity index (χ2v) is 5.96. The Bertz CT molecular complexity index is 617. The molecule has 0 saturated heterocycles. The third-order valence-corrected chi connectivity index (χ3v) is 3.76. The van der Waals surface area contributed by atoms with Crippen LogP contribution in [0.2, 0.25) is 5.02 Å². The molecular formula is C15H16BrClN2O. The molecule has 0 atom stereocenters. The zero-order chi connectivity index (χ0) is 14.7. The number of nitrogens with zero attached hydrogens (tertiary/aromatic N) is 1. The second-order valence-electron chi connectivity index (χ2n) is 4.64. The lowest BCUT2D eigenvalue weighted by Gasteiger charge is -2.16. The van der Waals surface area contributed by atoms with Gasteiger partial charge in [-0.1, -0.05) is 33.6 Å². The first kappa shape index (κ1) is 15.0. The lowest BCUT2D eigenvalue weighted by atomic mass is 10.2. The fraction of sp³-hybridized carbons (Fsp3) is 0.200. The predicted molar refractivity (Wildman–Crippen MR) is 88.7 cm³/mol. The highest BCUT2D eigenvalue weighted by Gasteiger charge is 2.06. The van der Waals surface area contributed by atoms with E-state index < -0.39 is 0 Å². The fourth-order valence-corrected chi connectivity index (χ4v) is 2.45. The van der Waals surface area contributed by atoms with Crippen LogP contribution in [0.3, 0.4) is 0 Å². The zero-order valence-electron chi connectivity index (χ0n) is 11.4. The Morgan fingerprint density at radius 3 is 2.60 bits per heavy atom. The van der Waals surface area contributed by atoms with Gasteiger partial charge in [-0.2, -0.15) is 0 Å². The molecule has 0 bridgehead atoms. The molecule has 2 rings (SSSR count). The third kappa shape index (κ3) is 3.58. The van der Waals surface area contributed by atoms with E-state index in [9.17, 15) is 0 Å². The molecule has 2 aromatic carbocycles. The summed E-state index contributed by atoms with van der Waals surface area (Å²) in [7, 11) is 3.95. The van der Waals surface area contributed by atoms with Gasteiger partial charge < -0.3 is 15.4 Å². The second kappa shape index (κ2) is 6.37. The third-order valence-electron chi connectivity index (χ3n) is 2.91. The van der Waals surface area contributed by atoms with E-state index in [1.807, 2.05) is 55.4 Å². The summed E-state index contributed by atoms with van der Waals surface area (Å²) in [6.45, 7) is 0.382. The Morgan fingerprint density at radius 2 is 1.95 bits per heavy atom. The van der Waals surface area contributed by atoms with Crippen molar-refractivity contribution in [2.75, 3.05) is 24.7 Å². The van der Waals surface area contributed by atoms with Gasteiger partial charge in [0.05, 0.1) is 5.69 Å². The van der Waals surface area contributed by atoms with E-state index in [2.05, 4.69) is 15.9 Å². The Labute approximate surface area is 132 Å². The topological polar surface area (TPSA) is 38.5 Å². The van der Waals surface area contributed by atoms with Gasteiger partial charge in [-0.25, -0.2) is 0 Å². The Morgan fingerprint density at radius 1 is 1.20 bits per heavy atom. The lowest BCUT2D eigenvalue weighted by molar-refractivity contribution is 0.308. The van der Waals surface area contributed by atoms with Crippen molar-refractivity contribution < 1.29 is 4.74 Å². The first-order valence-corrected chi connectivity index (χ1v) is 7.28. The first-order chi connectivity index (χ1) is 9.47. The van der Waals surface area contributed by atoms with Crippen molar-refractivity contribution in [3.05, 3.63) is 51.5 Å². The van der Waals surface area contributed by atoms with Crippen molar-refractivity contribution in [3.63, 3.8) is 0 Å². The van der Waals surface area contributed by atoms with Gasteiger partial charge in [0.1, 0.15) is 12.4 Å². The van der Waals surface area contributed by atoms with E-state index in [0.29, 0.717) is 23.1 Å². The van der Waals surface area contributed by atoms with Crippen LogP contribution in [0.5, 0.6) is 5.75 Å². The summed E-state index contributed by atoms with van der Waals surface area (Å²) in [5, 5.41) is 0.668. The maximum absolute atomic E-state index is 6.17. The summed E-state index contributed by atoms with van der Waals surface area (Å²) in [6.07, 6.45) is 0. The molecule has 2 N–H and O–H groups in total. The van der Waals surface area contributed by atoms with Gasteiger partial charge in [0.25, 0.3) is 0 Å². The van der Waals surface area contributed by atoms with E-state index in [1.54, 1.807) is 0 Å². The average Bonchev–Trinajstić information content (AvgIpc) is 2.39. The standard InChI is InChI=1S/C15H16BrClN2O/c1-19(2)12-5-6-14(18)15(8-12)20-9-10-3-4-11(16)7-13(10)17/h3-8H,9,18H2,1-2H3. The van der Waals surface area contributed by atoms with Crippen molar-refractivity contribution >= 4 is 38.9 Å². The van der Waals surface area contributed by atoms with E-state index in [1.165, 1.54) is 0 Å². The van der Waals surface area contributed by atoms with Crippen molar-refractivity contribution in [3.8, 4) is 5.75 Å². The monoisotopic (exact) mass is 354 g/mol. The minimum atomic E-state index is 0.382. The molecular weight excluding hydrogens is 340 g/mol. The maximum Gasteiger partial charge on any atom is 0.144 e. The molecule has 0 aliphatic carbocycles. The van der Waals surface area contributed by atoms with Crippen LogP contribution in [0, 0.1) is 0 Å². The molecule has 0 heterocycles. The van der Waals surface area contributed by atoms with Crippen LogP contribution in [0.25, 0.3) is 0 Å². The minimum absolute atomic E-state index is 0.382. The van der Waals surface area contributed by atoms with Gasteiger partial charge in [-0.15, -0.1) is 0 Å². The fourth-order valence-electron chi connectivity index (χ4n) is 1.72. The summed E-state index contributed by atoms with van der Waals surface area (Å²) < 4.78 is 6.73. The molecule has 0 amide bonds. The SMILES string of the molecule is CN(C)c1ccc(N)c(OCc2ccc(Br)cc2Cl)c1. The smallest absolute Gasteiger partial charge is 0.144 e. The molecule has 0 aliphatic rings. The van der Waals surface area contributed by atoms with Crippen LogP contribution in [0.15, 0.2) is 40.9 Å². The molecule has 0 radical (unpaired) electrons. The molecule has 2 aromatic rings. The molecule has 0 unspecified atom stereocenters. The molecule has 0 spiro atoms. The van der Waals surface area contributed by atoms with E-state index in [0.717, 1.165) is 15.7 Å². The Kier molecular flexibility index (Phi) is 4.78. The van der Waals surface area contributed by atoms with Gasteiger partial charge in [-0.05, 0) is 24.3 Å². The molecule has 5 heteroatoms. The molecule has 106 valence electrons. The molecule has 0 saturated carbocycles. The van der Waals surface area contributed by atoms with Crippen LogP contribution >= 0.6 is 27.5 Å². The summed E-state index contributed by atoms with van der Waals surface area (Å²) in [4.78, 5) is 2.00. The highest BCUT2D eigenvalue weighted by atomic mass is 79.9. The number of ether oxygens (including phenoxy) is 1. The number of benzene rings is 2. The summed E-state index contributed by atoms with van der Waals surface area (Å²) >= 11 is 9.55. The summed E-state index contributed by atoms with van der Waals surface area (Å²) in [5.41, 5.74) is 8.51. The summed E-state index contributed by atoms with van der Waals surface area (Å²) in [5.74, 6) is 0.662. The number of rotatable bonds is 4. The zero-order valence-corrected chi connectivity index (χ0v) is 13.7. The number of nitrogen functional groups attached to an aromatic ring is 1. The van der Waals surface area contributed by atoms with Crippen molar-refractivity contribution in [2.45, 2.75) is 6.61 Å². The predicted octanol–water partition coefficient (Wildman–Crippen LogP) is 4.33. The molecule has 0 aliphatic heterocycles. The summed E-state index contributed by atoms with van der Waals surface area (Å²) in [6, 6.07) is 11.4. The molecule has 0 fully saturated rings. The molecule has 0 aromatic heterocycles. The first-order valence-electron chi connectivity index (χ1n) is 6.11. The molecule has 3 nitrogen and oxygen atoms in total. The number of hydrogen-bond acceptors (Lipinski definition) is 3. The number of halogens is 2. The Hall–Kier alpha value is -1.39. The van der Waals surface area contributed by atoms with Gasteiger partial charge in [0.2, 0.25) is 0 Å². The highest BCUT2D eigenvalue weighted by Crippen LogP contribution is 2.29. The van der Waals surface area contributed by atoms with E-state index in [4.69, 9.17) is 22.1 Å². The number of nitrogens with two attached hydrogens (primary N) is 1. The van der Waals surface area contributed by atoms with Crippen LogP contribution in [0.1, 0.15) is 5.56 Å². The van der Waals surface area contributed by atoms with Crippen molar-refractivity contribution in [1.82, 2.24) is 0 Å². The quantitative estimate of drug-likeness (QED) is 0.830. The maximum atomic E-state index is 6.17. The van der Waals surface area contributed by atoms with E-state index in [-0.39, 0.29) is 0 Å². The van der Waals surface area contributed by atoms with Gasteiger partial charge in [0.15, 0.2) is 0 Å². The van der Waals surface area contributed by atoms with Crippen LogP contribution < -0.4 is 15.4 Å². The lowest BCUT2D eigenvalue weighted by Crippen LogP contribution is -2.09. The highest BCUT2D eigenvalue weighted by molar-refractivity contribution is 9.10. The number of anilines is 2. The van der Waals surface area contributed by atoms with Crippen LogP contribution in [-0.4, -0.2) is 14.1 Å². The van der Waals surface area contributed by atoms with Gasteiger partial charge in [0, 0.05) is 40.9 Å². The van der Waals surface area contributed by atoms with E-state index >= 15 is 0 Å². The Balaban J connectivity index is 2.16. The van der Waals surface area contributed by atoms with Crippen molar-refractivity contribution in [1.29, 1.82) is 0 Å².